The molecule has 0 bridgehead atoms. The Morgan fingerprint density at radius 1 is 1.25 bits per heavy atom. The van der Waals surface area contributed by atoms with Crippen molar-refractivity contribution in [3.05, 3.63) is 42.1 Å². The first-order chi connectivity index (χ1) is 9.67. The van der Waals surface area contributed by atoms with E-state index in [4.69, 9.17) is 0 Å². The van der Waals surface area contributed by atoms with Crippen molar-refractivity contribution >= 4 is 16.7 Å². The Hall–Kier alpha value is -1.74. The van der Waals surface area contributed by atoms with Crippen molar-refractivity contribution in [3.8, 4) is 0 Å². The first-order valence-electron chi connectivity index (χ1n) is 7.30. The summed E-state index contributed by atoms with van der Waals surface area (Å²) >= 11 is 0. The number of rotatable bonds is 3. The first-order valence-corrected chi connectivity index (χ1v) is 7.30. The second-order valence-electron chi connectivity index (χ2n) is 5.81. The molecule has 1 aromatic heterocycles. The summed E-state index contributed by atoms with van der Waals surface area (Å²) in [5.41, 5.74) is 1.45. The molecule has 0 spiro atoms. The number of ketones is 1. The number of aromatic nitrogens is 1. The summed E-state index contributed by atoms with van der Waals surface area (Å²) in [6.45, 7) is 2.96. The molecule has 2 aromatic rings. The molecule has 1 unspecified atom stereocenters. The molecule has 0 saturated carbocycles. The molecule has 1 aliphatic heterocycles. The van der Waals surface area contributed by atoms with E-state index in [-0.39, 0.29) is 11.3 Å². The van der Waals surface area contributed by atoms with Crippen LogP contribution in [0.1, 0.15) is 31.9 Å². The summed E-state index contributed by atoms with van der Waals surface area (Å²) in [5.74, 6) is 0.250. The number of Topliss-reactive ketones (excluding diaryl/α,β-unsaturated/α-hetero) is 1. The van der Waals surface area contributed by atoms with Gasteiger partial charge in [-0.15, -0.1) is 0 Å². The summed E-state index contributed by atoms with van der Waals surface area (Å²) in [7, 11) is 0. The second-order valence-corrected chi connectivity index (χ2v) is 5.81. The van der Waals surface area contributed by atoms with Crippen molar-refractivity contribution in [2.24, 2.45) is 0 Å². The van der Waals surface area contributed by atoms with Crippen LogP contribution < -0.4 is 5.32 Å². The van der Waals surface area contributed by atoms with Crippen LogP contribution in [0.5, 0.6) is 0 Å². The van der Waals surface area contributed by atoms with Crippen LogP contribution in [0.25, 0.3) is 10.9 Å². The Morgan fingerprint density at radius 3 is 2.90 bits per heavy atom. The van der Waals surface area contributed by atoms with Crippen LogP contribution in [0.3, 0.4) is 0 Å². The number of benzene rings is 1. The van der Waals surface area contributed by atoms with Crippen LogP contribution in [0.15, 0.2) is 36.4 Å². The molecule has 1 aromatic carbocycles. The molecule has 0 aliphatic carbocycles. The molecule has 1 aliphatic rings. The molecule has 3 nitrogen and oxygen atoms in total. The van der Waals surface area contributed by atoms with E-state index in [2.05, 4.69) is 10.3 Å². The van der Waals surface area contributed by atoms with E-state index in [0.717, 1.165) is 42.4 Å². The number of nitrogens with zero attached hydrogens (tertiary/aromatic N) is 1. The van der Waals surface area contributed by atoms with Gasteiger partial charge in [-0.1, -0.05) is 24.3 Å². The Balaban J connectivity index is 1.80. The number of hydrogen-bond acceptors (Lipinski definition) is 3. The molecule has 0 radical (unpaired) electrons. The van der Waals surface area contributed by atoms with E-state index in [1.807, 2.05) is 43.3 Å². The van der Waals surface area contributed by atoms with Crippen LogP contribution in [-0.2, 0) is 11.2 Å². The molecule has 1 saturated heterocycles. The van der Waals surface area contributed by atoms with E-state index in [0.29, 0.717) is 6.42 Å². The minimum absolute atomic E-state index is 0.250. The van der Waals surface area contributed by atoms with Gasteiger partial charge in [0.2, 0.25) is 0 Å². The molecule has 1 atom stereocenters. The number of fused-ring (bicyclic) bond motifs is 1. The fourth-order valence-electron chi connectivity index (χ4n) is 2.86. The zero-order chi connectivity index (χ0) is 14.0. The molecule has 0 amide bonds. The zero-order valence-corrected chi connectivity index (χ0v) is 11.9. The van der Waals surface area contributed by atoms with Gasteiger partial charge in [0, 0.05) is 11.1 Å². The molecule has 20 heavy (non-hydrogen) atoms. The molecular weight excluding hydrogens is 248 g/mol. The second kappa shape index (κ2) is 5.33. The van der Waals surface area contributed by atoms with Gasteiger partial charge < -0.3 is 5.32 Å². The van der Waals surface area contributed by atoms with Gasteiger partial charge in [-0.25, -0.2) is 0 Å². The third-order valence-electron chi connectivity index (χ3n) is 4.23. The minimum Gasteiger partial charge on any atom is -0.305 e. The maximum atomic E-state index is 12.5. The van der Waals surface area contributed by atoms with Gasteiger partial charge in [0.15, 0.2) is 5.78 Å². The van der Waals surface area contributed by atoms with Crippen molar-refractivity contribution in [1.82, 2.24) is 10.3 Å². The lowest BCUT2D eigenvalue weighted by Crippen LogP contribution is -2.52. The van der Waals surface area contributed by atoms with Gasteiger partial charge in [0.05, 0.1) is 17.5 Å². The number of carbonyl (C=O) groups excluding carboxylic acids is 1. The van der Waals surface area contributed by atoms with E-state index >= 15 is 0 Å². The van der Waals surface area contributed by atoms with Gasteiger partial charge >= 0.3 is 0 Å². The zero-order valence-electron chi connectivity index (χ0n) is 11.9. The van der Waals surface area contributed by atoms with Crippen molar-refractivity contribution in [1.29, 1.82) is 0 Å². The SMILES string of the molecule is CC1(C(=O)Cc2ccc3ccccc3n2)CCCCN1. The van der Waals surface area contributed by atoms with Gasteiger partial charge in [0.25, 0.3) is 0 Å². The normalized spacial score (nSPS) is 22.9. The number of para-hydroxylation sites is 1. The maximum Gasteiger partial charge on any atom is 0.158 e. The smallest absolute Gasteiger partial charge is 0.158 e. The fraction of sp³-hybridized carbons (Fsp3) is 0.412. The highest BCUT2D eigenvalue weighted by Crippen LogP contribution is 2.21. The standard InChI is InChI=1S/C17H20N2O/c1-17(10-4-5-11-18-17)16(20)12-14-9-8-13-6-2-3-7-15(13)19-14/h2-3,6-9,18H,4-5,10-12H2,1H3. The van der Waals surface area contributed by atoms with Crippen LogP contribution in [-0.4, -0.2) is 22.9 Å². The maximum absolute atomic E-state index is 12.5. The number of pyridine rings is 1. The van der Waals surface area contributed by atoms with Crippen LogP contribution in [0.4, 0.5) is 0 Å². The van der Waals surface area contributed by atoms with Crippen molar-refractivity contribution < 1.29 is 4.79 Å². The Labute approximate surface area is 119 Å². The summed E-state index contributed by atoms with van der Waals surface area (Å²) in [4.78, 5) is 17.1. The highest BCUT2D eigenvalue weighted by Gasteiger charge is 2.33. The van der Waals surface area contributed by atoms with Gasteiger partial charge in [0.1, 0.15) is 0 Å². The Morgan fingerprint density at radius 2 is 2.10 bits per heavy atom. The quantitative estimate of drug-likeness (QED) is 0.930. The molecule has 104 valence electrons. The fourth-order valence-corrected chi connectivity index (χ4v) is 2.86. The lowest BCUT2D eigenvalue weighted by atomic mass is 9.85. The number of carbonyl (C=O) groups is 1. The predicted octanol–water partition coefficient (Wildman–Crippen LogP) is 2.88. The lowest BCUT2D eigenvalue weighted by Gasteiger charge is -2.33. The predicted molar refractivity (Wildman–Crippen MR) is 80.7 cm³/mol. The summed E-state index contributed by atoms with van der Waals surface area (Å²) in [5, 5.41) is 4.49. The monoisotopic (exact) mass is 268 g/mol. The van der Waals surface area contributed by atoms with Crippen molar-refractivity contribution in [3.63, 3.8) is 0 Å². The Kier molecular flexibility index (Phi) is 3.53. The van der Waals surface area contributed by atoms with Gasteiger partial charge in [-0.05, 0) is 44.9 Å². The van der Waals surface area contributed by atoms with Crippen LogP contribution in [0, 0.1) is 0 Å². The topological polar surface area (TPSA) is 42.0 Å². The molecule has 2 heterocycles. The molecule has 1 N–H and O–H groups in total. The third kappa shape index (κ3) is 2.59. The van der Waals surface area contributed by atoms with Crippen LogP contribution >= 0.6 is 0 Å². The summed E-state index contributed by atoms with van der Waals surface area (Å²) in [6.07, 6.45) is 3.63. The van der Waals surface area contributed by atoms with Gasteiger partial charge in [-0.3, -0.25) is 9.78 Å². The molecule has 1 fully saturated rings. The van der Waals surface area contributed by atoms with Gasteiger partial charge in [-0.2, -0.15) is 0 Å². The van der Waals surface area contributed by atoms with E-state index in [1.165, 1.54) is 0 Å². The largest absolute Gasteiger partial charge is 0.305 e. The number of piperidine rings is 1. The van der Waals surface area contributed by atoms with E-state index in [1.54, 1.807) is 0 Å². The average Bonchev–Trinajstić information content (AvgIpc) is 2.48. The van der Waals surface area contributed by atoms with E-state index in [9.17, 15) is 4.79 Å². The highest BCUT2D eigenvalue weighted by molar-refractivity contribution is 5.90. The Bertz CT molecular complexity index is 630. The summed E-state index contributed by atoms with van der Waals surface area (Å²) < 4.78 is 0. The molecule has 3 heteroatoms. The number of nitrogens with one attached hydrogen (secondary N) is 1. The van der Waals surface area contributed by atoms with E-state index < -0.39 is 0 Å². The molecule has 3 rings (SSSR count). The summed E-state index contributed by atoms with van der Waals surface area (Å²) in [6, 6.07) is 12.0. The first kappa shape index (κ1) is 13.3. The lowest BCUT2D eigenvalue weighted by molar-refractivity contribution is -0.125. The number of hydrogen-bond donors (Lipinski definition) is 1. The third-order valence-corrected chi connectivity index (χ3v) is 4.23. The molecular formula is C17H20N2O. The van der Waals surface area contributed by atoms with Crippen molar-refractivity contribution in [2.45, 2.75) is 38.1 Å². The highest BCUT2D eigenvalue weighted by atomic mass is 16.1. The van der Waals surface area contributed by atoms with Crippen LogP contribution in [0.2, 0.25) is 0 Å². The van der Waals surface area contributed by atoms with Crippen molar-refractivity contribution in [2.75, 3.05) is 6.54 Å². The minimum atomic E-state index is -0.369. The average molecular weight is 268 g/mol.